The first kappa shape index (κ1) is 18.3. The fraction of sp³-hybridized carbons (Fsp3) is 0.130. The highest BCUT2D eigenvalue weighted by molar-refractivity contribution is 6.30. The Labute approximate surface area is 168 Å². The molecule has 1 atom stereocenters. The third-order valence-corrected chi connectivity index (χ3v) is 5.16. The number of anilines is 1. The van der Waals surface area contributed by atoms with E-state index in [2.05, 4.69) is 5.32 Å². The van der Waals surface area contributed by atoms with Crippen molar-refractivity contribution in [1.82, 2.24) is 4.90 Å². The minimum absolute atomic E-state index is 0.109. The summed E-state index contributed by atoms with van der Waals surface area (Å²) in [6.45, 7) is 0.431. The van der Waals surface area contributed by atoms with Gasteiger partial charge < -0.3 is 10.2 Å². The molecule has 0 fully saturated rings. The zero-order valence-corrected chi connectivity index (χ0v) is 15.9. The molecular formula is C23H19ClN2O2. The topological polar surface area (TPSA) is 49.4 Å². The van der Waals surface area contributed by atoms with E-state index in [1.165, 1.54) is 0 Å². The van der Waals surface area contributed by atoms with Gasteiger partial charge in [0.25, 0.3) is 5.91 Å². The van der Waals surface area contributed by atoms with Gasteiger partial charge in [-0.25, -0.2) is 0 Å². The van der Waals surface area contributed by atoms with Crippen molar-refractivity contribution >= 4 is 29.1 Å². The third kappa shape index (κ3) is 3.78. The van der Waals surface area contributed by atoms with Crippen molar-refractivity contribution in [2.24, 2.45) is 0 Å². The number of nitrogens with one attached hydrogen (secondary N) is 1. The first-order chi connectivity index (χ1) is 13.6. The summed E-state index contributed by atoms with van der Waals surface area (Å²) < 4.78 is 0. The summed E-state index contributed by atoms with van der Waals surface area (Å²) in [6.07, 6.45) is 0.444. The second kappa shape index (κ2) is 7.87. The molecule has 0 saturated carbocycles. The maximum Gasteiger partial charge on any atom is 0.255 e. The van der Waals surface area contributed by atoms with Crippen LogP contribution in [0.5, 0.6) is 0 Å². The molecule has 0 spiro atoms. The van der Waals surface area contributed by atoms with Crippen LogP contribution < -0.4 is 5.32 Å². The van der Waals surface area contributed by atoms with Crippen LogP contribution in [0.4, 0.5) is 5.69 Å². The smallest absolute Gasteiger partial charge is 0.255 e. The van der Waals surface area contributed by atoms with Crippen molar-refractivity contribution < 1.29 is 9.59 Å². The molecule has 4 nitrogen and oxygen atoms in total. The Hall–Kier alpha value is -3.11. The lowest BCUT2D eigenvalue weighted by Crippen LogP contribution is -2.45. The minimum Gasteiger partial charge on any atom is -0.324 e. The van der Waals surface area contributed by atoms with Crippen molar-refractivity contribution in [2.75, 3.05) is 5.32 Å². The highest BCUT2D eigenvalue weighted by Gasteiger charge is 2.36. The molecule has 2 amide bonds. The summed E-state index contributed by atoms with van der Waals surface area (Å²) >= 11 is 5.93. The highest BCUT2D eigenvalue weighted by Crippen LogP contribution is 2.26. The lowest BCUT2D eigenvalue weighted by molar-refractivity contribution is -0.120. The zero-order valence-electron chi connectivity index (χ0n) is 15.1. The molecule has 1 aliphatic rings. The molecule has 1 N–H and O–H groups in total. The fourth-order valence-corrected chi connectivity index (χ4v) is 3.60. The summed E-state index contributed by atoms with van der Waals surface area (Å²) in [5, 5.41) is 3.52. The van der Waals surface area contributed by atoms with Gasteiger partial charge in [0, 0.05) is 29.2 Å². The molecule has 0 radical (unpaired) electrons. The molecule has 0 aromatic heterocycles. The van der Waals surface area contributed by atoms with Gasteiger partial charge in [0.05, 0.1) is 0 Å². The van der Waals surface area contributed by atoms with E-state index >= 15 is 0 Å². The van der Waals surface area contributed by atoms with Gasteiger partial charge in [0.2, 0.25) is 5.91 Å². The van der Waals surface area contributed by atoms with Crippen LogP contribution in [0.1, 0.15) is 21.5 Å². The standard InChI is InChI=1S/C23H19ClN2O2/c24-18-10-12-19(13-11-18)25-22(27)21(14-16-6-2-1-3-7-16)26-15-17-8-4-5-9-20(17)23(26)28/h1-13,21H,14-15H2,(H,25,27). The van der Waals surface area contributed by atoms with Gasteiger partial charge >= 0.3 is 0 Å². The monoisotopic (exact) mass is 390 g/mol. The van der Waals surface area contributed by atoms with E-state index in [0.717, 1.165) is 11.1 Å². The Morgan fingerprint density at radius 3 is 2.36 bits per heavy atom. The van der Waals surface area contributed by atoms with E-state index in [9.17, 15) is 9.59 Å². The van der Waals surface area contributed by atoms with Crippen LogP contribution in [0.25, 0.3) is 0 Å². The van der Waals surface area contributed by atoms with Gasteiger partial charge in [-0.05, 0) is 41.5 Å². The van der Waals surface area contributed by atoms with Crippen LogP contribution in [-0.2, 0) is 17.8 Å². The van der Waals surface area contributed by atoms with E-state index < -0.39 is 6.04 Å². The summed E-state index contributed by atoms with van der Waals surface area (Å²) in [7, 11) is 0. The highest BCUT2D eigenvalue weighted by atomic mass is 35.5. The molecule has 0 bridgehead atoms. The predicted octanol–water partition coefficient (Wildman–Crippen LogP) is 4.55. The predicted molar refractivity (Wildman–Crippen MR) is 110 cm³/mol. The van der Waals surface area contributed by atoms with Gasteiger partial charge in [0.1, 0.15) is 6.04 Å². The Kier molecular flexibility index (Phi) is 5.13. The molecule has 4 rings (SSSR count). The number of benzene rings is 3. The SMILES string of the molecule is O=C(Nc1ccc(Cl)cc1)C(Cc1ccccc1)N1Cc2ccccc2C1=O. The molecule has 1 unspecified atom stereocenters. The fourth-order valence-electron chi connectivity index (χ4n) is 3.47. The van der Waals surface area contributed by atoms with E-state index in [1.807, 2.05) is 54.6 Å². The average Bonchev–Trinajstić information content (AvgIpc) is 3.05. The summed E-state index contributed by atoms with van der Waals surface area (Å²) in [5.41, 5.74) is 3.27. The molecule has 5 heteroatoms. The Balaban J connectivity index is 1.61. The molecule has 1 heterocycles. The lowest BCUT2D eigenvalue weighted by atomic mass is 10.0. The van der Waals surface area contributed by atoms with Crippen LogP contribution in [-0.4, -0.2) is 22.8 Å². The second-order valence-corrected chi connectivity index (χ2v) is 7.23. The molecular weight excluding hydrogens is 372 g/mol. The molecule has 3 aromatic carbocycles. The molecule has 0 saturated heterocycles. The number of fused-ring (bicyclic) bond motifs is 1. The first-order valence-electron chi connectivity index (χ1n) is 9.11. The zero-order chi connectivity index (χ0) is 19.5. The van der Waals surface area contributed by atoms with Crippen LogP contribution >= 0.6 is 11.6 Å². The molecule has 1 aliphatic heterocycles. The van der Waals surface area contributed by atoms with Crippen molar-refractivity contribution in [2.45, 2.75) is 19.0 Å². The molecule has 140 valence electrons. The normalized spacial score (nSPS) is 13.9. The third-order valence-electron chi connectivity index (χ3n) is 4.91. The largest absolute Gasteiger partial charge is 0.324 e. The van der Waals surface area contributed by atoms with Crippen molar-refractivity contribution in [3.63, 3.8) is 0 Å². The van der Waals surface area contributed by atoms with Gasteiger partial charge in [-0.15, -0.1) is 0 Å². The van der Waals surface area contributed by atoms with E-state index in [4.69, 9.17) is 11.6 Å². The van der Waals surface area contributed by atoms with Crippen molar-refractivity contribution in [1.29, 1.82) is 0 Å². The minimum atomic E-state index is -0.613. The van der Waals surface area contributed by atoms with Crippen molar-refractivity contribution in [3.8, 4) is 0 Å². The number of hydrogen-bond donors (Lipinski definition) is 1. The van der Waals surface area contributed by atoms with E-state index in [0.29, 0.717) is 29.2 Å². The van der Waals surface area contributed by atoms with Gasteiger partial charge in [-0.3, -0.25) is 9.59 Å². The lowest BCUT2D eigenvalue weighted by Gasteiger charge is -2.27. The van der Waals surface area contributed by atoms with Crippen LogP contribution in [0.3, 0.4) is 0 Å². The summed E-state index contributed by atoms with van der Waals surface area (Å²) in [4.78, 5) is 27.8. The van der Waals surface area contributed by atoms with Gasteiger partial charge in [-0.1, -0.05) is 60.1 Å². The number of hydrogen-bond acceptors (Lipinski definition) is 2. The van der Waals surface area contributed by atoms with Crippen molar-refractivity contribution in [3.05, 3.63) is 101 Å². The second-order valence-electron chi connectivity index (χ2n) is 6.79. The number of carbonyl (C=O) groups is 2. The first-order valence-corrected chi connectivity index (χ1v) is 9.49. The molecule has 3 aromatic rings. The Morgan fingerprint density at radius 1 is 0.964 bits per heavy atom. The quantitative estimate of drug-likeness (QED) is 0.695. The maximum atomic E-state index is 13.1. The number of carbonyl (C=O) groups excluding carboxylic acids is 2. The molecule has 0 aliphatic carbocycles. The van der Waals surface area contributed by atoms with Crippen LogP contribution in [0.15, 0.2) is 78.9 Å². The average molecular weight is 391 g/mol. The number of halogens is 1. The number of amides is 2. The number of nitrogens with zero attached hydrogens (tertiary/aromatic N) is 1. The Bertz CT molecular complexity index is 1000. The summed E-state index contributed by atoms with van der Waals surface area (Å²) in [5.74, 6) is -0.324. The molecule has 28 heavy (non-hydrogen) atoms. The van der Waals surface area contributed by atoms with Gasteiger partial charge in [-0.2, -0.15) is 0 Å². The number of rotatable bonds is 5. The van der Waals surface area contributed by atoms with Crippen LogP contribution in [0, 0.1) is 0 Å². The van der Waals surface area contributed by atoms with Crippen LogP contribution in [0.2, 0.25) is 5.02 Å². The summed E-state index contributed by atoms with van der Waals surface area (Å²) in [6, 6.07) is 23.6. The Morgan fingerprint density at radius 2 is 1.64 bits per heavy atom. The van der Waals surface area contributed by atoms with E-state index in [-0.39, 0.29) is 11.8 Å². The van der Waals surface area contributed by atoms with Gasteiger partial charge in [0.15, 0.2) is 0 Å². The maximum absolute atomic E-state index is 13.1. The van der Waals surface area contributed by atoms with E-state index in [1.54, 1.807) is 29.2 Å².